The lowest BCUT2D eigenvalue weighted by molar-refractivity contribution is -0.136. The zero-order chi connectivity index (χ0) is 15.0. The van der Waals surface area contributed by atoms with Gasteiger partial charge in [-0.1, -0.05) is 6.07 Å². The Morgan fingerprint density at radius 3 is 2.30 bits per heavy atom. The van der Waals surface area contributed by atoms with Crippen LogP contribution in [0.1, 0.15) is 19.3 Å². The molecule has 0 atom stereocenters. The molecular weight excluding hydrogens is 270 g/mol. The topological polar surface area (TPSA) is 78.4 Å². The van der Waals surface area contributed by atoms with Crippen molar-refractivity contribution in [2.24, 2.45) is 0 Å². The number of anilines is 1. The van der Waals surface area contributed by atoms with Gasteiger partial charge in [0.2, 0.25) is 0 Å². The van der Waals surface area contributed by atoms with E-state index in [9.17, 15) is 18.4 Å². The van der Waals surface area contributed by atoms with Crippen molar-refractivity contribution in [3.63, 3.8) is 0 Å². The first-order valence-electron chi connectivity index (χ1n) is 6.20. The van der Waals surface area contributed by atoms with Crippen molar-refractivity contribution in [3.05, 3.63) is 29.8 Å². The molecule has 0 aliphatic carbocycles. The lowest BCUT2D eigenvalue weighted by atomic mass is 10.2. The van der Waals surface area contributed by atoms with E-state index in [1.165, 1.54) is 0 Å². The smallest absolute Gasteiger partial charge is 0.313 e. The molecule has 0 fully saturated rings. The lowest BCUT2D eigenvalue weighted by Crippen LogP contribution is -2.36. The van der Waals surface area contributed by atoms with Crippen LogP contribution in [-0.2, 0) is 9.59 Å². The fourth-order valence-electron chi connectivity index (χ4n) is 1.48. The van der Waals surface area contributed by atoms with Gasteiger partial charge in [0, 0.05) is 13.2 Å². The number of benzene rings is 1. The minimum Gasteiger partial charge on any atom is -0.396 e. The molecule has 0 aromatic heterocycles. The van der Waals surface area contributed by atoms with Gasteiger partial charge in [-0.3, -0.25) is 9.59 Å². The quantitative estimate of drug-likeness (QED) is 0.543. The SMILES string of the molecule is O=C(NCCCCCO)C(=O)Nc1c(F)cccc1F. The van der Waals surface area contributed by atoms with E-state index in [1.54, 1.807) is 0 Å². The highest BCUT2D eigenvalue weighted by atomic mass is 19.1. The zero-order valence-electron chi connectivity index (χ0n) is 10.8. The van der Waals surface area contributed by atoms with Gasteiger partial charge in [0.1, 0.15) is 17.3 Å². The molecule has 1 aromatic carbocycles. The number of aliphatic hydroxyl groups excluding tert-OH is 1. The second kappa shape index (κ2) is 8.21. The second-order valence-electron chi connectivity index (χ2n) is 4.09. The van der Waals surface area contributed by atoms with Gasteiger partial charge >= 0.3 is 11.8 Å². The van der Waals surface area contributed by atoms with E-state index >= 15 is 0 Å². The maximum atomic E-state index is 13.3. The summed E-state index contributed by atoms with van der Waals surface area (Å²) in [5.41, 5.74) is -0.645. The molecule has 0 unspecified atom stereocenters. The van der Waals surface area contributed by atoms with E-state index in [4.69, 9.17) is 5.11 Å². The largest absolute Gasteiger partial charge is 0.396 e. The predicted molar refractivity (Wildman–Crippen MR) is 68.9 cm³/mol. The average Bonchev–Trinajstić information content (AvgIpc) is 2.42. The van der Waals surface area contributed by atoms with Crippen LogP contribution >= 0.6 is 0 Å². The highest BCUT2D eigenvalue weighted by molar-refractivity contribution is 6.39. The van der Waals surface area contributed by atoms with Gasteiger partial charge in [0.25, 0.3) is 0 Å². The molecule has 1 rings (SSSR count). The van der Waals surface area contributed by atoms with Crippen molar-refractivity contribution in [1.82, 2.24) is 5.32 Å². The monoisotopic (exact) mass is 286 g/mol. The van der Waals surface area contributed by atoms with Crippen LogP contribution in [0.15, 0.2) is 18.2 Å². The Hall–Kier alpha value is -2.02. The molecule has 2 amide bonds. The fourth-order valence-corrected chi connectivity index (χ4v) is 1.48. The number of amides is 2. The van der Waals surface area contributed by atoms with E-state index < -0.39 is 29.1 Å². The normalized spacial score (nSPS) is 10.2. The Balaban J connectivity index is 2.44. The van der Waals surface area contributed by atoms with Gasteiger partial charge in [0.15, 0.2) is 0 Å². The van der Waals surface area contributed by atoms with E-state index in [-0.39, 0.29) is 13.2 Å². The number of nitrogens with one attached hydrogen (secondary N) is 2. The molecule has 0 aliphatic heterocycles. The lowest BCUT2D eigenvalue weighted by Gasteiger charge is -2.07. The number of rotatable bonds is 6. The van der Waals surface area contributed by atoms with E-state index in [0.717, 1.165) is 18.2 Å². The maximum Gasteiger partial charge on any atom is 0.313 e. The van der Waals surface area contributed by atoms with Gasteiger partial charge in [-0.25, -0.2) is 8.78 Å². The number of para-hydroxylation sites is 1. The van der Waals surface area contributed by atoms with Crippen molar-refractivity contribution in [2.45, 2.75) is 19.3 Å². The Bertz CT molecular complexity index is 460. The summed E-state index contributed by atoms with van der Waals surface area (Å²) >= 11 is 0. The minimum absolute atomic E-state index is 0.0704. The summed E-state index contributed by atoms with van der Waals surface area (Å²) in [6, 6.07) is 3.11. The van der Waals surface area contributed by atoms with Gasteiger partial charge in [0.05, 0.1) is 0 Å². The summed E-state index contributed by atoms with van der Waals surface area (Å²) in [5.74, 6) is -3.99. The number of aliphatic hydroxyl groups is 1. The molecule has 110 valence electrons. The molecule has 7 heteroatoms. The van der Waals surface area contributed by atoms with Crippen LogP contribution < -0.4 is 10.6 Å². The number of unbranched alkanes of at least 4 members (excludes halogenated alkanes) is 2. The summed E-state index contributed by atoms with van der Waals surface area (Å²) in [6.07, 6.45) is 1.93. The number of carbonyl (C=O) groups excluding carboxylic acids is 2. The highest BCUT2D eigenvalue weighted by Crippen LogP contribution is 2.17. The van der Waals surface area contributed by atoms with Crippen molar-refractivity contribution in [3.8, 4) is 0 Å². The number of hydrogen-bond acceptors (Lipinski definition) is 3. The Labute approximate surface area is 115 Å². The molecule has 0 spiro atoms. The molecule has 1 aromatic rings. The summed E-state index contributed by atoms with van der Waals surface area (Å²) in [5, 5.41) is 12.8. The number of hydrogen-bond donors (Lipinski definition) is 3. The third-order valence-electron chi connectivity index (χ3n) is 2.53. The van der Waals surface area contributed by atoms with E-state index in [1.807, 2.05) is 5.32 Å². The molecule has 0 heterocycles. The van der Waals surface area contributed by atoms with Crippen LogP contribution in [0.3, 0.4) is 0 Å². The second-order valence-corrected chi connectivity index (χ2v) is 4.09. The van der Waals surface area contributed by atoms with Gasteiger partial charge in [-0.2, -0.15) is 0 Å². The molecule has 0 aliphatic rings. The summed E-state index contributed by atoms with van der Waals surface area (Å²) in [6.45, 7) is 0.326. The van der Waals surface area contributed by atoms with E-state index in [2.05, 4.69) is 5.32 Å². The van der Waals surface area contributed by atoms with Crippen LogP contribution in [-0.4, -0.2) is 30.1 Å². The molecule has 0 bridgehead atoms. The first-order chi connectivity index (χ1) is 9.56. The van der Waals surface area contributed by atoms with E-state index in [0.29, 0.717) is 19.3 Å². The van der Waals surface area contributed by atoms with Crippen LogP contribution in [0, 0.1) is 11.6 Å². The zero-order valence-corrected chi connectivity index (χ0v) is 10.8. The molecule has 20 heavy (non-hydrogen) atoms. The van der Waals surface area contributed by atoms with Crippen molar-refractivity contribution in [1.29, 1.82) is 0 Å². The standard InChI is InChI=1S/C13H16F2N2O3/c14-9-5-4-6-10(15)11(9)17-13(20)12(19)16-7-2-1-3-8-18/h4-6,18H,1-3,7-8H2,(H,16,19)(H,17,20). The first-order valence-corrected chi connectivity index (χ1v) is 6.20. The van der Waals surface area contributed by atoms with Crippen LogP contribution in [0.25, 0.3) is 0 Å². The number of halogens is 2. The molecule has 0 radical (unpaired) electrons. The molecule has 0 saturated carbocycles. The van der Waals surface area contributed by atoms with Crippen molar-refractivity contribution >= 4 is 17.5 Å². The number of carbonyl (C=O) groups is 2. The summed E-state index contributed by atoms with van der Waals surface area (Å²) in [4.78, 5) is 22.8. The maximum absolute atomic E-state index is 13.3. The fraction of sp³-hybridized carbons (Fsp3) is 0.385. The van der Waals surface area contributed by atoms with Gasteiger partial charge in [-0.05, 0) is 31.4 Å². The molecule has 0 saturated heterocycles. The summed E-state index contributed by atoms with van der Waals surface area (Å²) in [7, 11) is 0. The van der Waals surface area contributed by atoms with Crippen LogP contribution in [0.4, 0.5) is 14.5 Å². The third-order valence-corrected chi connectivity index (χ3v) is 2.53. The van der Waals surface area contributed by atoms with Crippen molar-refractivity contribution in [2.75, 3.05) is 18.5 Å². The third kappa shape index (κ3) is 4.93. The van der Waals surface area contributed by atoms with Crippen LogP contribution in [0.2, 0.25) is 0 Å². The minimum atomic E-state index is -1.13. The molecular formula is C13H16F2N2O3. The molecule has 3 N–H and O–H groups in total. The average molecular weight is 286 g/mol. The van der Waals surface area contributed by atoms with Gasteiger partial charge in [-0.15, -0.1) is 0 Å². The molecule has 5 nitrogen and oxygen atoms in total. The Morgan fingerprint density at radius 2 is 1.70 bits per heavy atom. The van der Waals surface area contributed by atoms with Crippen molar-refractivity contribution < 1.29 is 23.5 Å². The van der Waals surface area contributed by atoms with Crippen LogP contribution in [0.5, 0.6) is 0 Å². The van der Waals surface area contributed by atoms with Gasteiger partial charge < -0.3 is 15.7 Å². The highest BCUT2D eigenvalue weighted by Gasteiger charge is 2.17. The Morgan fingerprint density at radius 1 is 1.05 bits per heavy atom. The summed E-state index contributed by atoms with van der Waals surface area (Å²) < 4.78 is 26.5. The Kier molecular flexibility index (Phi) is 6.58. The predicted octanol–water partition coefficient (Wildman–Crippen LogP) is 1.18. The first kappa shape index (κ1) is 16.0.